The molecular weight excluding hydrogens is 555 g/mol. The number of aliphatic carboxylic acids is 1. The van der Waals surface area contributed by atoms with Crippen LogP contribution in [0.1, 0.15) is 147 Å². The van der Waals surface area contributed by atoms with Crippen molar-refractivity contribution in [3.63, 3.8) is 0 Å². The number of aryl methyl sites for hydroxylation is 1. The molecular formula is C33H59O6PS. The van der Waals surface area contributed by atoms with Crippen LogP contribution in [0.2, 0.25) is 0 Å². The second kappa shape index (κ2) is 22.7. The largest absolute Gasteiger partial charge is 0.478 e. The second-order valence-corrected chi connectivity index (χ2v) is 14.7. The van der Waals surface area contributed by atoms with Gasteiger partial charge in [-0.25, -0.2) is 4.79 Å². The summed E-state index contributed by atoms with van der Waals surface area (Å²) in [4.78, 5) is 23.6. The van der Waals surface area contributed by atoms with E-state index in [2.05, 4.69) is 45.0 Å². The van der Waals surface area contributed by atoms with Gasteiger partial charge in [0, 0.05) is 6.61 Å². The van der Waals surface area contributed by atoms with E-state index in [1.807, 2.05) is 6.92 Å². The van der Waals surface area contributed by atoms with E-state index < -0.39 is 18.2 Å². The standard InChI is InChI=1S/C33H59O6PS/c1-5-9-11-13-14-15-17-19-26-38-33(32(34)35,40(36,37)39-25-7-3)41-27-24-30(22-18-16-12-10-6-2)31-23-20-21-29(8-4)28-31/h20-21,23,28,30H,5-19,22,24-27H2,1-4H3,(H,34,35)(H,36,37). The number of ether oxygens (including phenoxy) is 1. The first-order chi connectivity index (χ1) is 19.8. The minimum absolute atomic E-state index is 0.00861. The highest BCUT2D eigenvalue weighted by atomic mass is 32.2. The van der Waals surface area contributed by atoms with E-state index in [0.717, 1.165) is 50.3 Å². The van der Waals surface area contributed by atoms with E-state index in [1.165, 1.54) is 62.5 Å². The van der Waals surface area contributed by atoms with Crippen LogP contribution in [-0.2, 0) is 25.0 Å². The number of carboxylic acids is 1. The molecule has 0 fully saturated rings. The number of unbranched alkanes of at least 4 members (excludes halogenated alkanes) is 11. The average molecular weight is 615 g/mol. The lowest BCUT2D eigenvalue weighted by atomic mass is 9.89. The predicted octanol–water partition coefficient (Wildman–Crippen LogP) is 10.3. The van der Waals surface area contributed by atoms with Crippen molar-refractivity contribution in [3.05, 3.63) is 35.4 Å². The van der Waals surface area contributed by atoms with Crippen molar-refractivity contribution in [3.8, 4) is 0 Å². The summed E-state index contributed by atoms with van der Waals surface area (Å²) >= 11 is 0.932. The van der Waals surface area contributed by atoms with Gasteiger partial charge in [-0.1, -0.05) is 129 Å². The molecule has 0 amide bonds. The Morgan fingerprint density at radius 3 is 2.05 bits per heavy atom. The number of benzene rings is 1. The van der Waals surface area contributed by atoms with Crippen LogP contribution in [-0.4, -0.2) is 39.6 Å². The molecule has 0 heterocycles. The summed E-state index contributed by atoms with van der Waals surface area (Å²) in [6.45, 7) is 8.52. The van der Waals surface area contributed by atoms with Gasteiger partial charge in [-0.2, -0.15) is 0 Å². The van der Waals surface area contributed by atoms with E-state index >= 15 is 0 Å². The van der Waals surface area contributed by atoms with Gasteiger partial charge in [0.2, 0.25) is 0 Å². The van der Waals surface area contributed by atoms with Gasteiger partial charge in [-0.15, -0.1) is 11.8 Å². The Balaban J connectivity index is 2.95. The van der Waals surface area contributed by atoms with E-state index in [-0.39, 0.29) is 19.1 Å². The molecule has 0 radical (unpaired) electrons. The SMILES string of the molecule is CCCCCCCCCCOC(SCCC(CCCCCCC)c1cccc(CC)c1)(C(=O)O)P(=O)(O)OCCC. The molecule has 6 nitrogen and oxygen atoms in total. The molecule has 3 atom stereocenters. The molecule has 238 valence electrons. The highest BCUT2D eigenvalue weighted by Crippen LogP contribution is 2.62. The van der Waals surface area contributed by atoms with Gasteiger partial charge in [0.15, 0.2) is 0 Å². The molecule has 0 bridgehead atoms. The molecule has 41 heavy (non-hydrogen) atoms. The Kier molecular flexibility index (Phi) is 21.1. The molecule has 0 aliphatic carbocycles. The summed E-state index contributed by atoms with van der Waals surface area (Å²) in [5.41, 5.74) is 2.54. The summed E-state index contributed by atoms with van der Waals surface area (Å²) < 4.78 is 22.3. The van der Waals surface area contributed by atoms with Crippen molar-refractivity contribution < 1.29 is 28.6 Å². The Morgan fingerprint density at radius 1 is 0.854 bits per heavy atom. The monoisotopic (exact) mass is 614 g/mol. The van der Waals surface area contributed by atoms with Crippen molar-refractivity contribution >= 4 is 25.3 Å². The Labute approximate surface area is 255 Å². The second-order valence-electron chi connectivity index (χ2n) is 11.2. The summed E-state index contributed by atoms with van der Waals surface area (Å²) in [6.07, 6.45) is 17.9. The zero-order chi connectivity index (χ0) is 30.4. The van der Waals surface area contributed by atoms with Crippen LogP contribution in [0.3, 0.4) is 0 Å². The Bertz CT molecular complexity index is 866. The number of rotatable bonds is 27. The number of thioether (sulfide) groups is 1. The minimum atomic E-state index is -4.62. The van der Waals surface area contributed by atoms with Gasteiger partial charge in [0.1, 0.15) is 0 Å². The molecule has 1 rings (SSSR count). The zero-order valence-corrected chi connectivity index (χ0v) is 28.1. The maximum absolute atomic E-state index is 13.4. The maximum atomic E-state index is 13.4. The first-order valence-electron chi connectivity index (χ1n) is 16.3. The molecule has 8 heteroatoms. The molecule has 3 unspecified atom stereocenters. The molecule has 0 spiro atoms. The summed E-state index contributed by atoms with van der Waals surface area (Å²) in [6, 6.07) is 8.65. The van der Waals surface area contributed by atoms with Crippen molar-refractivity contribution in [2.75, 3.05) is 19.0 Å². The highest BCUT2D eigenvalue weighted by Gasteiger charge is 2.58. The number of carboxylic acid groups (broad SMARTS) is 1. The lowest BCUT2D eigenvalue weighted by Crippen LogP contribution is -2.39. The van der Waals surface area contributed by atoms with E-state index in [4.69, 9.17) is 9.26 Å². The Hall–Kier alpha value is -0.850. The summed E-state index contributed by atoms with van der Waals surface area (Å²) in [5.74, 6) is -0.794. The zero-order valence-electron chi connectivity index (χ0n) is 26.4. The summed E-state index contributed by atoms with van der Waals surface area (Å²) in [7, 11) is -4.62. The van der Waals surface area contributed by atoms with Crippen LogP contribution in [0.15, 0.2) is 24.3 Å². The molecule has 0 aliphatic rings. The number of hydrogen-bond donors (Lipinski definition) is 2. The van der Waals surface area contributed by atoms with Crippen LogP contribution in [0.25, 0.3) is 0 Å². The van der Waals surface area contributed by atoms with Crippen molar-refractivity contribution in [2.45, 2.75) is 147 Å². The van der Waals surface area contributed by atoms with E-state index in [9.17, 15) is 19.4 Å². The lowest BCUT2D eigenvalue weighted by Gasteiger charge is -2.32. The van der Waals surface area contributed by atoms with Gasteiger partial charge in [-0.05, 0) is 54.9 Å². The van der Waals surface area contributed by atoms with Crippen LogP contribution in [0.5, 0.6) is 0 Å². The molecule has 2 N–H and O–H groups in total. The Morgan fingerprint density at radius 2 is 1.46 bits per heavy atom. The van der Waals surface area contributed by atoms with Gasteiger partial charge in [-0.3, -0.25) is 4.57 Å². The third-order valence-electron chi connectivity index (χ3n) is 7.66. The fourth-order valence-corrected chi connectivity index (χ4v) is 8.22. The summed E-state index contributed by atoms with van der Waals surface area (Å²) in [5, 5.41) is 10.3. The fraction of sp³-hybridized carbons (Fsp3) is 0.788. The molecule has 0 saturated heterocycles. The topological polar surface area (TPSA) is 93.1 Å². The van der Waals surface area contributed by atoms with Gasteiger partial charge in [0.25, 0.3) is 0 Å². The van der Waals surface area contributed by atoms with Crippen molar-refractivity contribution in [1.29, 1.82) is 0 Å². The molecule has 0 aromatic heterocycles. The van der Waals surface area contributed by atoms with Crippen molar-refractivity contribution in [1.82, 2.24) is 0 Å². The van der Waals surface area contributed by atoms with Crippen LogP contribution >= 0.6 is 19.4 Å². The molecule has 0 aliphatic heterocycles. The normalized spacial score (nSPS) is 15.3. The smallest absolute Gasteiger partial charge is 0.382 e. The number of hydrogen-bond acceptors (Lipinski definition) is 5. The van der Waals surface area contributed by atoms with E-state index in [1.54, 1.807) is 0 Å². The van der Waals surface area contributed by atoms with Gasteiger partial charge in [0.05, 0.1) is 6.61 Å². The minimum Gasteiger partial charge on any atom is -0.478 e. The predicted molar refractivity (Wildman–Crippen MR) is 174 cm³/mol. The van der Waals surface area contributed by atoms with Crippen LogP contribution < -0.4 is 0 Å². The average Bonchev–Trinajstić information content (AvgIpc) is 2.96. The lowest BCUT2D eigenvalue weighted by molar-refractivity contribution is -0.148. The highest BCUT2D eigenvalue weighted by molar-refractivity contribution is 8.07. The van der Waals surface area contributed by atoms with E-state index in [0.29, 0.717) is 25.0 Å². The van der Waals surface area contributed by atoms with Gasteiger partial charge < -0.3 is 19.3 Å². The maximum Gasteiger partial charge on any atom is 0.382 e. The molecule has 0 saturated carbocycles. The fourth-order valence-electron chi connectivity index (χ4n) is 5.07. The van der Waals surface area contributed by atoms with Crippen molar-refractivity contribution in [2.24, 2.45) is 0 Å². The molecule has 1 aromatic carbocycles. The molecule has 1 aromatic rings. The number of carbonyl (C=O) groups is 1. The first kappa shape index (κ1) is 38.2. The quantitative estimate of drug-likeness (QED) is 0.0578. The third kappa shape index (κ3) is 14.4. The first-order valence-corrected chi connectivity index (χ1v) is 18.9. The van der Waals surface area contributed by atoms with Crippen LogP contribution in [0, 0.1) is 0 Å². The van der Waals surface area contributed by atoms with Crippen LogP contribution in [0.4, 0.5) is 0 Å². The van der Waals surface area contributed by atoms with Gasteiger partial charge >= 0.3 is 18.2 Å². The third-order valence-corrected chi connectivity index (χ3v) is 11.5.